The van der Waals surface area contributed by atoms with Gasteiger partial charge >= 0.3 is 0 Å². The molecular weight excluding hydrogens is 306 g/mol. The fraction of sp³-hybridized carbons (Fsp3) is 0.538. The van der Waals surface area contributed by atoms with Crippen molar-refractivity contribution in [2.24, 2.45) is 0 Å². The molecule has 0 aromatic carbocycles. The van der Waals surface area contributed by atoms with E-state index in [1.54, 1.807) is 6.20 Å². The minimum absolute atomic E-state index is 0.214. The summed E-state index contributed by atoms with van der Waals surface area (Å²) in [6, 6.07) is 1.10. The largest absolute Gasteiger partial charge is 0.327 e. The zero-order valence-electron chi connectivity index (χ0n) is 12.6. The molecule has 1 fully saturated rings. The number of nitrogens with zero attached hydrogens (tertiary/aromatic N) is 4. The maximum Gasteiger partial charge on any atom is 0.282 e. The summed E-state index contributed by atoms with van der Waals surface area (Å²) < 4.78 is 29.1. The number of imidazole rings is 1. The second-order valence-corrected chi connectivity index (χ2v) is 7.69. The molecule has 0 spiro atoms. The van der Waals surface area contributed by atoms with Gasteiger partial charge in [0.1, 0.15) is 0 Å². The van der Waals surface area contributed by atoms with Crippen LogP contribution in [0.5, 0.6) is 0 Å². The molecule has 0 unspecified atom stereocenters. The smallest absolute Gasteiger partial charge is 0.282 e. The van der Waals surface area contributed by atoms with Crippen LogP contribution in [0.4, 0.5) is 0 Å². The fourth-order valence-corrected chi connectivity index (χ4v) is 4.14. The van der Waals surface area contributed by atoms with Crippen LogP contribution in [0.15, 0.2) is 23.3 Å². The van der Waals surface area contributed by atoms with Crippen LogP contribution in [0.2, 0.25) is 0 Å². The van der Waals surface area contributed by atoms with E-state index in [1.807, 2.05) is 0 Å². The van der Waals surface area contributed by atoms with Crippen LogP contribution in [-0.2, 0) is 10.2 Å². The van der Waals surface area contributed by atoms with Gasteiger partial charge in [-0.1, -0.05) is 6.42 Å². The molecular formula is C13H19N5O3S. The summed E-state index contributed by atoms with van der Waals surface area (Å²) in [6.45, 7) is 0.451. The number of fused-ring (bicyclic) bond motifs is 1. The fourth-order valence-electron chi connectivity index (χ4n) is 2.82. The average molecular weight is 325 g/mol. The molecule has 1 N–H and O–H groups in total. The second-order valence-electron chi connectivity index (χ2n) is 5.60. The highest BCUT2D eigenvalue weighted by molar-refractivity contribution is 7.86. The minimum atomic E-state index is -3.53. The first-order valence-corrected chi connectivity index (χ1v) is 8.56. The van der Waals surface area contributed by atoms with Gasteiger partial charge in [0, 0.05) is 44.8 Å². The number of nitrogens with one attached hydrogen (secondary N) is 1. The van der Waals surface area contributed by atoms with E-state index < -0.39 is 10.2 Å². The summed E-state index contributed by atoms with van der Waals surface area (Å²) in [5.74, 6) is 0.426. The highest BCUT2D eigenvalue weighted by Gasteiger charge is 2.35. The first kappa shape index (κ1) is 15.2. The van der Waals surface area contributed by atoms with Crippen molar-refractivity contribution in [1.29, 1.82) is 0 Å². The number of hydrogen-bond donors (Lipinski definition) is 1. The van der Waals surface area contributed by atoms with Crippen LogP contribution in [0.1, 0.15) is 31.0 Å². The molecule has 0 saturated carbocycles. The van der Waals surface area contributed by atoms with Crippen molar-refractivity contribution in [3.8, 4) is 0 Å². The Morgan fingerprint density at radius 3 is 2.86 bits per heavy atom. The van der Waals surface area contributed by atoms with Gasteiger partial charge in [-0.3, -0.25) is 9.20 Å². The molecule has 3 rings (SSSR count). The molecule has 2 aromatic rings. The number of piperidine rings is 1. The van der Waals surface area contributed by atoms with Crippen LogP contribution < -0.4 is 5.56 Å². The molecule has 0 radical (unpaired) electrons. The lowest BCUT2D eigenvalue weighted by molar-refractivity contribution is 0.238. The zero-order chi connectivity index (χ0) is 15.9. The SMILES string of the molecule is CN(C)S(=O)(=O)N1CCCC[C@H]1c1cc(=O)n2ccnc2[nH]1. The van der Waals surface area contributed by atoms with Crippen LogP contribution in [0.3, 0.4) is 0 Å². The molecule has 3 heterocycles. The quantitative estimate of drug-likeness (QED) is 0.882. The van der Waals surface area contributed by atoms with Gasteiger partial charge in [-0.25, -0.2) is 4.98 Å². The van der Waals surface area contributed by atoms with Gasteiger partial charge in [0.2, 0.25) is 5.78 Å². The van der Waals surface area contributed by atoms with Gasteiger partial charge in [-0.2, -0.15) is 17.0 Å². The third kappa shape index (κ3) is 2.44. The lowest BCUT2D eigenvalue weighted by atomic mass is 10.0. The molecule has 22 heavy (non-hydrogen) atoms. The second kappa shape index (κ2) is 5.49. The molecule has 2 aromatic heterocycles. The van der Waals surface area contributed by atoms with Crippen molar-refractivity contribution in [1.82, 2.24) is 23.0 Å². The van der Waals surface area contributed by atoms with E-state index in [-0.39, 0.29) is 11.6 Å². The van der Waals surface area contributed by atoms with Gasteiger partial charge in [0.15, 0.2) is 0 Å². The van der Waals surface area contributed by atoms with Crippen LogP contribution >= 0.6 is 0 Å². The zero-order valence-corrected chi connectivity index (χ0v) is 13.4. The van der Waals surface area contributed by atoms with Crippen molar-refractivity contribution in [2.75, 3.05) is 20.6 Å². The van der Waals surface area contributed by atoms with Gasteiger partial charge in [0.05, 0.1) is 6.04 Å². The monoisotopic (exact) mass is 325 g/mol. The van der Waals surface area contributed by atoms with E-state index in [4.69, 9.17) is 0 Å². The standard InChI is InChI=1S/C13H19N5O3S/c1-16(2)22(20,21)18-7-4-3-5-11(18)10-9-12(19)17-8-6-14-13(17)15-10/h6,8-9,11H,3-5,7H2,1-2H3,(H,14,15)/t11-/m0/s1. The number of aromatic nitrogens is 3. The molecule has 1 aliphatic heterocycles. The number of aromatic amines is 1. The summed E-state index contributed by atoms with van der Waals surface area (Å²) in [5, 5.41) is 0. The number of hydrogen-bond acceptors (Lipinski definition) is 4. The van der Waals surface area contributed by atoms with Crippen molar-refractivity contribution >= 4 is 16.0 Å². The molecule has 8 nitrogen and oxygen atoms in total. The normalized spacial score (nSPS) is 20.8. The van der Waals surface area contributed by atoms with E-state index >= 15 is 0 Å². The van der Waals surface area contributed by atoms with Crippen molar-refractivity contribution in [3.05, 3.63) is 34.5 Å². The average Bonchev–Trinajstić information content (AvgIpc) is 2.96. The van der Waals surface area contributed by atoms with Crippen LogP contribution in [-0.4, -0.2) is 52.0 Å². The van der Waals surface area contributed by atoms with E-state index in [2.05, 4.69) is 9.97 Å². The van der Waals surface area contributed by atoms with Crippen LogP contribution in [0.25, 0.3) is 5.78 Å². The maximum atomic E-state index is 12.5. The van der Waals surface area contributed by atoms with Crippen molar-refractivity contribution < 1.29 is 8.42 Å². The van der Waals surface area contributed by atoms with E-state index in [9.17, 15) is 13.2 Å². The Kier molecular flexibility index (Phi) is 3.79. The van der Waals surface area contributed by atoms with Crippen molar-refractivity contribution in [3.63, 3.8) is 0 Å². The summed E-state index contributed by atoms with van der Waals surface area (Å²) in [4.78, 5) is 19.3. The third-order valence-corrected chi connectivity index (χ3v) is 5.94. The maximum absolute atomic E-state index is 12.5. The lowest BCUT2D eigenvalue weighted by Gasteiger charge is -2.36. The number of H-pyrrole nitrogens is 1. The number of rotatable bonds is 3. The molecule has 0 bridgehead atoms. The summed E-state index contributed by atoms with van der Waals surface area (Å²) >= 11 is 0. The Hall–Kier alpha value is -1.71. The predicted molar refractivity (Wildman–Crippen MR) is 81.7 cm³/mol. The third-order valence-electron chi connectivity index (χ3n) is 3.98. The Morgan fingerprint density at radius 2 is 2.14 bits per heavy atom. The predicted octanol–water partition coefficient (Wildman–Crippen LogP) is 0.356. The van der Waals surface area contributed by atoms with E-state index in [1.165, 1.54) is 39.4 Å². The van der Waals surface area contributed by atoms with Gasteiger partial charge < -0.3 is 4.98 Å². The Labute approximate surface area is 128 Å². The first-order valence-electron chi connectivity index (χ1n) is 7.17. The molecule has 1 aliphatic rings. The Balaban J connectivity index is 2.08. The molecule has 0 amide bonds. The summed E-state index contributed by atoms with van der Waals surface area (Å²) in [7, 11) is -0.502. The topological polar surface area (TPSA) is 90.8 Å². The first-order chi connectivity index (χ1) is 10.4. The highest BCUT2D eigenvalue weighted by Crippen LogP contribution is 2.32. The molecule has 0 aliphatic carbocycles. The van der Waals surface area contributed by atoms with E-state index in [0.717, 1.165) is 12.8 Å². The lowest BCUT2D eigenvalue weighted by Crippen LogP contribution is -2.45. The van der Waals surface area contributed by atoms with Gasteiger partial charge in [-0.15, -0.1) is 0 Å². The summed E-state index contributed by atoms with van der Waals surface area (Å²) in [5.41, 5.74) is 0.378. The molecule has 9 heteroatoms. The Morgan fingerprint density at radius 1 is 1.36 bits per heavy atom. The van der Waals surface area contributed by atoms with E-state index in [0.29, 0.717) is 24.4 Å². The van der Waals surface area contributed by atoms with Gasteiger partial charge in [-0.05, 0) is 12.8 Å². The highest BCUT2D eigenvalue weighted by atomic mass is 32.2. The molecule has 1 atom stereocenters. The van der Waals surface area contributed by atoms with Gasteiger partial charge in [0.25, 0.3) is 15.8 Å². The van der Waals surface area contributed by atoms with Crippen LogP contribution in [0, 0.1) is 0 Å². The minimum Gasteiger partial charge on any atom is -0.327 e. The Bertz CT molecular complexity index is 839. The molecule has 1 saturated heterocycles. The molecule has 120 valence electrons. The van der Waals surface area contributed by atoms with Crippen molar-refractivity contribution in [2.45, 2.75) is 25.3 Å². The summed E-state index contributed by atoms with van der Waals surface area (Å²) in [6.07, 6.45) is 5.53.